The van der Waals surface area contributed by atoms with E-state index in [1.165, 1.54) is 0 Å². The maximum absolute atomic E-state index is 9.74. The number of nitrogens with zero attached hydrogens (tertiary/aromatic N) is 2. The number of nitrogens with one attached hydrogen (secondary N) is 1. The van der Waals surface area contributed by atoms with E-state index in [9.17, 15) is 5.11 Å². The van der Waals surface area contributed by atoms with E-state index in [4.69, 9.17) is 9.15 Å². The average molecular weight is 265 g/mol. The Morgan fingerprint density at radius 1 is 1.53 bits per heavy atom. The van der Waals surface area contributed by atoms with Gasteiger partial charge in [-0.25, -0.2) is 0 Å². The van der Waals surface area contributed by atoms with Crippen LogP contribution in [0.4, 0.5) is 0 Å². The van der Waals surface area contributed by atoms with E-state index in [2.05, 4.69) is 10.4 Å². The van der Waals surface area contributed by atoms with E-state index in [1.54, 1.807) is 17.1 Å². The summed E-state index contributed by atoms with van der Waals surface area (Å²) in [6, 6.07) is 5.59. The molecule has 0 radical (unpaired) electrons. The lowest BCUT2D eigenvalue weighted by Gasteiger charge is -2.12. The predicted octanol–water partition coefficient (Wildman–Crippen LogP) is 0.680. The van der Waals surface area contributed by atoms with Crippen LogP contribution in [0.1, 0.15) is 11.5 Å². The molecule has 6 heteroatoms. The van der Waals surface area contributed by atoms with Crippen LogP contribution in [-0.2, 0) is 24.9 Å². The Bertz CT molecular complexity index is 467. The number of aliphatic hydroxyl groups is 1. The lowest BCUT2D eigenvalue weighted by molar-refractivity contribution is 0.0225. The van der Waals surface area contributed by atoms with Gasteiger partial charge in [-0.15, -0.1) is 0 Å². The molecule has 0 amide bonds. The molecule has 0 aromatic carbocycles. The van der Waals surface area contributed by atoms with Crippen molar-refractivity contribution in [2.75, 3.05) is 13.2 Å². The van der Waals surface area contributed by atoms with Gasteiger partial charge >= 0.3 is 0 Å². The van der Waals surface area contributed by atoms with Gasteiger partial charge in [0.15, 0.2) is 0 Å². The van der Waals surface area contributed by atoms with E-state index < -0.39 is 6.10 Å². The van der Waals surface area contributed by atoms with Crippen molar-refractivity contribution >= 4 is 0 Å². The topological polar surface area (TPSA) is 72.5 Å². The number of hydrogen-bond acceptors (Lipinski definition) is 5. The number of furan rings is 1. The van der Waals surface area contributed by atoms with Crippen LogP contribution < -0.4 is 5.32 Å². The average Bonchev–Trinajstić information content (AvgIpc) is 3.02. The maximum Gasteiger partial charge on any atom is 0.129 e. The summed E-state index contributed by atoms with van der Waals surface area (Å²) in [5.74, 6) is 0.759. The summed E-state index contributed by atoms with van der Waals surface area (Å²) in [4.78, 5) is 0. The molecular weight excluding hydrogens is 246 g/mol. The first-order chi connectivity index (χ1) is 9.25. The Balaban J connectivity index is 1.57. The summed E-state index contributed by atoms with van der Waals surface area (Å²) in [6.07, 6.45) is 2.81. The summed E-state index contributed by atoms with van der Waals surface area (Å²) >= 11 is 0. The molecule has 0 aliphatic carbocycles. The summed E-state index contributed by atoms with van der Waals surface area (Å²) in [6.45, 7) is 1.81. The zero-order chi connectivity index (χ0) is 13.5. The quantitative estimate of drug-likeness (QED) is 0.734. The Hall–Kier alpha value is -1.63. The minimum atomic E-state index is -0.539. The highest BCUT2D eigenvalue weighted by molar-refractivity contribution is 4.99. The van der Waals surface area contributed by atoms with Gasteiger partial charge in [-0.05, 0) is 18.2 Å². The first-order valence-electron chi connectivity index (χ1n) is 6.21. The Morgan fingerprint density at radius 3 is 3.11 bits per heavy atom. The molecule has 6 nitrogen and oxygen atoms in total. The molecule has 19 heavy (non-hydrogen) atoms. The number of aryl methyl sites for hydroxylation is 1. The summed E-state index contributed by atoms with van der Waals surface area (Å²) in [5.41, 5.74) is 1.07. The fraction of sp³-hybridized carbons (Fsp3) is 0.462. The van der Waals surface area contributed by atoms with Gasteiger partial charge < -0.3 is 19.6 Å². The van der Waals surface area contributed by atoms with Gasteiger partial charge in [-0.3, -0.25) is 4.68 Å². The van der Waals surface area contributed by atoms with Crippen molar-refractivity contribution < 1.29 is 14.3 Å². The molecule has 1 unspecified atom stereocenters. The van der Waals surface area contributed by atoms with Crippen LogP contribution in [0.25, 0.3) is 0 Å². The minimum absolute atomic E-state index is 0.277. The van der Waals surface area contributed by atoms with Crippen LogP contribution in [0.2, 0.25) is 0 Å². The molecule has 0 saturated heterocycles. The predicted molar refractivity (Wildman–Crippen MR) is 69.3 cm³/mol. The molecule has 0 fully saturated rings. The molecule has 2 rings (SSSR count). The molecule has 104 valence electrons. The van der Waals surface area contributed by atoms with Gasteiger partial charge in [-0.2, -0.15) is 5.10 Å². The molecule has 2 aromatic rings. The summed E-state index contributed by atoms with van der Waals surface area (Å²) in [7, 11) is 1.89. The second kappa shape index (κ2) is 7.08. The van der Waals surface area contributed by atoms with Crippen LogP contribution in [0.5, 0.6) is 0 Å². The second-order valence-electron chi connectivity index (χ2n) is 4.33. The van der Waals surface area contributed by atoms with E-state index in [0.29, 0.717) is 19.7 Å². The molecule has 0 saturated carbocycles. The lowest BCUT2D eigenvalue weighted by Crippen LogP contribution is -2.30. The normalized spacial score (nSPS) is 12.7. The Kier molecular flexibility index (Phi) is 5.14. The Labute approximate surface area is 112 Å². The third-order valence-electron chi connectivity index (χ3n) is 2.74. The van der Waals surface area contributed by atoms with Crippen molar-refractivity contribution in [3.05, 3.63) is 42.1 Å². The summed E-state index contributed by atoms with van der Waals surface area (Å²) in [5, 5.41) is 17.0. The summed E-state index contributed by atoms with van der Waals surface area (Å²) < 4.78 is 12.3. The standard InChI is InChI=1S/C13H19N3O3/c1-16-11(4-5-15-16)7-14-8-12(17)9-18-10-13-3-2-6-19-13/h2-6,12,14,17H,7-10H2,1H3. The molecule has 2 heterocycles. The van der Waals surface area contributed by atoms with Gasteiger partial charge in [-0.1, -0.05) is 0 Å². The molecule has 1 atom stereocenters. The highest BCUT2D eigenvalue weighted by Crippen LogP contribution is 2.02. The third kappa shape index (κ3) is 4.51. The fourth-order valence-corrected chi connectivity index (χ4v) is 1.69. The highest BCUT2D eigenvalue weighted by atomic mass is 16.5. The van der Waals surface area contributed by atoms with E-state index in [0.717, 1.165) is 11.5 Å². The number of ether oxygens (including phenoxy) is 1. The van der Waals surface area contributed by atoms with Gasteiger partial charge in [0.2, 0.25) is 0 Å². The molecule has 0 aliphatic heterocycles. The zero-order valence-corrected chi connectivity index (χ0v) is 11.0. The monoisotopic (exact) mass is 265 g/mol. The van der Waals surface area contributed by atoms with E-state index in [1.807, 2.05) is 25.2 Å². The van der Waals surface area contributed by atoms with Crippen molar-refractivity contribution in [1.29, 1.82) is 0 Å². The van der Waals surface area contributed by atoms with Gasteiger partial charge in [0, 0.05) is 26.3 Å². The zero-order valence-electron chi connectivity index (χ0n) is 11.0. The van der Waals surface area contributed by atoms with Gasteiger partial charge in [0.1, 0.15) is 12.4 Å². The Morgan fingerprint density at radius 2 is 2.42 bits per heavy atom. The smallest absolute Gasteiger partial charge is 0.129 e. The largest absolute Gasteiger partial charge is 0.467 e. The molecule has 0 spiro atoms. The number of rotatable bonds is 8. The van der Waals surface area contributed by atoms with Crippen molar-refractivity contribution in [1.82, 2.24) is 15.1 Å². The van der Waals surface area contributed by atoms with Crippen molar-refractivity contribution in [2.24, 2.45) is 7.05 Å². The molecular formula is C13H19N3O3. The van der Waals surface area contributed by atoms with Gasteiger partial charge in [0.05, 0.1) is 24.7 Å². The highest BCUT2D eigenvalue weighted by Gasteiger charge is 2.05. The molecule has 2 N–H and O–H groups in total. The van der Waals surface area contributed by atoms with E-state index >= 15 is 0 Å². The maximum atomic E-state index is 9.74. The van der Waals surface area contributed by atoms with Gasteiger partial charge in [0.25, 0.3) is 0 Å². The molecule has 0 bridgehead atoms. The number of aromatic nitrogens is 2. The molecule has 2 aromatic heterocycles. The van der Waals surface area contributed by atoms with Crippen molar-refractivity contribution in [2.45, 2.75) is 19.3 Å². The first-order valence-corrected chi connectivity index (χ1v) is 6.21. The van der Waals surface area contributed by atoms with E-state index in [-0.39, 0.29) is 6.61 Å². The third-order valence-corrected chi connectivity index (χ3v) is 2.74. The number of aliphatic hydroxyl groups excluding tert-OH is 1. The first kappa shape index (κ1) is 13.8. The van der Waals surface area contributed by atoms with Crippen LogP contribution >= 0.6 is 0 Å². The van der Waals surface area contributed by atoms with Crippen LogP contribution in [0.15, 0.2) is 35.1 Å². The number of hydrogen-bond donors (Lipinski definition) is 2. The van der Waals surface area contributed by atoms with Crippen molar-refractivity contribution in [3.63, 3.8) is 0 Å². The molecule has 0 aliphatic rings. The second-order valence-corrected chi connectivity index (χ2v) is 4.33. The van der Waals surface area contributed by atoms with Crippen LogP contribution in [0.3, 0.4) is 0 Å². The fourth-order valence-electron chi connectivity index (χ4n) is 1.69. The SMILES string of the molecule is Cn1nccc1CNCC(O)COCc1ccco1. The van der Waals surface area contributed by atoms with Crippen molar-refractivity contribution in [3.8, 4) is 0 Å². The van der Waals surface area contributed by atoms with Crippen LogP contribution in [-0.4, -0.2) is 34.1 Å². The van der Waals surface area contributed by atoms with Crippen LogP contribution in [0, 0.1) is 0 Å². The lowest BCUT2D eigenvalue weighted by atomic mass is 10.3. The minimum Gasteiger partial charge on any atom is -0.467 e.